The third-order valence-corrected chi connectivity index (χ3v) is 6.30. The first-order valence-corrected chi connectivity index (χ1v) is 10.00. The van der Waals surface area contributed by atoms with E-state index in [9.17, 15) is 9.18 Å². The van der Waals surface area contributed by atoms with E-state index in [2.05, 4.69) is 17.4 Å². The fourth-order valence-corrected chi connectivity index (χ4v) is 4.79. The van der Waals surface area contributed by atoms with Crippen LogP contribution < -0.4 is 10.2 Å². The van der Waals surface area contributed by atoms with Crippen molar-refractivity contribution in [2.24, 2.45) is 0 Å². The minimum absolute atomic E-state index is 0.0473. The first kappa shape index (κ1) is 18.0. The van der Waals surface area contributed by atoms with E-state index < -0.39 is 5.54 Å². The van der Waals surface area contributed by atoms with Crippen LogP contribution in [0.1, 0.15) is 49.7 Å². The summed E-state index contributed by atoms with van der Waals surface area (Å²) >= 11 is 0. The van der Waals surface area contributed by atoms with Crippen LogP contribution in [0.4, 0.5) is 10.1 Å². The van der Waals surface area contributed by atoms with E-state index in [1.165, 1.54) is 37.0 Å². The van der Waals surface area contributed by atoms with Gasteiger partial charge in [0.15, 0.2) is 0 Å². The third kappa shape index (κ3) is 3.22. The number of fused-ring (bicyclic) bond motifs is 1. The van der Waals surface area contributed by atoms with Gasteiger partial charge in [0.25, 0.3) is 5.91 Å². The molecule has 0 bridgehead atoms. The molecule has 0 spiro atoms. The largest absolute Gasteiger partial charge is 0.356 e. The smallest absolute Gasteiger partial charge is 0.250 e. The van der Waals surface area contributed by atoms with Gasteiger partial charge in [0.05, 0.1) is 0 Å². The number of nitrogens with zero attached hydrogens (tertiary/aromatic N) is 1. The topological polar surface area (TPSA) is 32.3 Å². The summed E-state index contributed by atoms with van der Waals surface area (Å²) in [7, 11) is 1.91. The maximum Gasteiger partial charge on any atom is 0.250 e. The lowest BCUT2D eigenvalue weighted by Crippen LogP contribution is -2.56. The molecular weight excluding hydrogens is 339 g/mol. The molecular formula is C23H27FN2O. The average molecular weight is 366 g/mol. The lowest BCUT2D eigenvalue weighted by Gasteiger charge is -2.41. The number of rotatable bonds is 4. The molecule has 1 fully saturated rings. The van der Waals surface area contributed by atoms with Gasteiger partial charge in [-0.25, -0.2) is 4.39 Å². The van der Waals surface area contributed by atoms with Gasteiger partial charge in [-0.2, -0.15) is 0 Å². The highest BCUT2D eigenvalue weighted by Crippen LogP contribution is 2.43. The Morgan fingerprint density at radius 3 is 2.67 bits per heavy atom. The summed E-state index contributed by atoms with van der Waals surface area (Å²) in [5.41, 5.74) is 2.19. The maximum atomic E-state index is 13.9. The van der Waals surface area contributed by atoms with Crippen LogP contribution in [-0.2, 0) is 16.8 Å². The molecule has 2 aromatic carbocycles. The van der Waals surface area contributed by atoms with E-state index in [1.807, 2.05) is 30.1 Å². The average Bonchev–Trinajstić information content (AvgIpc) is 3.09. The highest BCUT2D eigenvalue weighted by Gasteiger charge is 2.49. The summed E-state index contributed by atoms with van der Waals surface area (Å²) in [4.78, 5) is 15.6. The zero-order chi connectivity index (χ0) is 18.9. The molecule has 3 nitrogen and oxygen atoms in total. The summed E-state index contributed by atoms with van der Waals surface area (Å²) in [6.45, 7) is 0. The van der Waals surface area contributed by atoms with Crippen molar-refractivity contribution in [3.05, 3.63) is 65.5 Å². The Kier molecular flexibility index (Phi) is 4.90. The van der Waals surface area contributed by atoms with E-state index >= 15 is 0 Å². The maximum absolute atomic E-state index is 13.9. The Hall–Kier alpha value is -2.36. The molecule has 1 saturated carbocycles. The minimum Gasteiger partial charge on any atom is -0.356 e. The summed E-state index contributed by atoms with van der Waals surface area (Å²) in [5.74, 6) is -0.236. The molecule has 4 heteroatoms. The molecule has 0 radical (unpaired) electrons. The highest BCUT2D eigenvalue weighted by molar-refractivity contribution is 5.93. The van der Waals surface area contributed by atoms with Gasteiger partial charge in [-0.3, -0.25) is 4.79 Å². The number of benzene rings is 2. The Morgan fingerprint density at radius 2 is 1.89 bits per heavy atom. The zero-order valence-electron chi connectivity index (χ0n) is 15.9. The van der Waals surface area contributed by atoms with Gasteiger partial charge in [0.2, 0.25) is 0 Å². The second-order valence-electron chi connectivity index (χ2n) is 7.86. The molecule has 1 unspecified atom stereocenters. The van der Waals surface area contributed by atoms with E-state index in [-0.39, 0.29) is 17.8 Å². The number of hydrogen-bond acceptors (Lipinski definition) is 2. The Labute approximate surface area is 160 Å². The van der Waals surface area contributed by atoms with Crippen LogP contribution in [0, 0.1) is 5.82 Å². The predicted octanol–water partition coefficient (Wildman–Crippen LogP) is 4.55. The molecule has 0 aromatic heterocycles. The normalized spacial score (nSPS) is 22.3. The van der Waals surface area contributed by atoms with Crippen LogP contribution >= 0.6 is 0 Å². The molecule has 4 rings (SSSR count). The van der Waals surface area contributed by atoms with Crippen LogP contribution in [0.5, 0.6) is 0 Å². The molecule has 1 atom stereocenters. The lowest BCUT2D eigenvalue weighted by molar-refractivity contribution is -0.127. The van der Waals surface area contributed by atoms with Gasteiger partial charge in [-0.05, 0) is 55.0 Å². The van der Waals surface area contributed by atoms with Crippen molar-refractivity contribution < 1.29 is 9.18 Å². The van der Waals surface area contributed by atoms with Crippen molar-refractivity contribution in [3.63, 3.8) is 0 Å². The second-order valence-corrected chi connectivity index (χ2v) is 7.86. The number of likely N-dealkylation sites (N-methyl/N-ethyl adjacent to an activating group) is 1. The predicted molar refractivity (Wildman–Crippen MR) is 106 cm³/mol. The van der Waals surface area contributed by atoms with Gasteiger partial charge in [-0.1, -0.05) is 49.6 Å². The molecule has 1 N–H and O–H groups in total. The van der Waals surface area contributed by atoms with Gasteiger partial charge < -0.3 is 10.2 Å². The molecule has 0 aliphatic heterocycles. The number of nitrogens with one attached hydrogen (secondary N) is 1. The number of amides is 1. The van der Waals surface area contributed by atoms with Crippen molar-refractivity contribution in [2.45, 2.75) is 56.5 Å². The number of hydrogen-bond donors (Lipinski definition) is 1. The lowest BCUT2D eigenvalue weighted by atomic mass is 9.87. The zero-order valence-corrected chi connectivity index (χ0v) is 15.9. The van der Waals surface area contributed by atoms with E-state index in [1.54, 1.807) is 6.07 Å². The van der Waals surface area contributed by atoms with Crippen molar-refractivity contribution >= 4 is 11.6 Å². The Balaban J connectivity index is 1.73. The Morgan fingerprint density at radius 1 is 1.11 bits per heavy atom. The second kappa shape index (κ2) is 7.34. The number of anilines is 1. The summed E-state index contributed by atoms with van der Waals surface area (Å²) in [5, 5.41) is 3.33. The SMILES string of the molecule is CN(c1cccc(F)c1)C1(C(=O)NC2CCCCC2)CCc2ccccc21. The standard InChI is InChI=1S/C23H27FN2O/c1-26(20-12-7-9-18(24)16-20)23(15-14-17-8-5-6-13-21(17)23)22(27)25-19-10-3-2-4-11-19/h5-9,12-13,16,19H,2-4,10-11,14-15H2,1H3,(H,25,27). The quantitative estimate of drug-likeness (QED) is 0.861. The number of carbonyl (C=O) groups excluding carboxylic acids is 1. The monoisotopic (exact) mass is 366 g/mol. The molecule has 2 aliphatic rings. The van der Waals surface area contributed by atoms with Crippen molar-refractivity contribution in [1.82, 2.24) is 5.32 Å². The van der Waals surface area contributed by atoms with Crippen LogP contribution in [0.25, 0.3) is 0 Å². The molecule has 1 amide bonds. The van der Waals surface area contributed by atoms with Crippen LogP contribution in [-0.4, -0.2) is 19.0 Å². The van der Waals surface area contributed by atoms with Crippen molar-refractivity contribution in [3.8, 4) is 0 Å². The summed E-state index contributed by atoms with van der Waals surface area (Å²) in [6, 6.07) is 14.9. The number of halogens is 1. The molecule has 27 heavy (non-hydrogen) atoms. The first-order valence-electron chi connectivity index (χ1n) is 10.00. The third-order valence-electron chi connectivity index (χ3n) is 6.30. The van der Waals surface area contributed by atoms with E-state index in [4.69, 9.17) is 0 Å². The van der Waals surface area contributed by atoms with Crippen molar-refractivity contribution in [2.75, 3.05) is 11.9 Å². The van der Waals surface area contributed by atoms with E-state index in [0.717, 1.165) is 30.5 Å². The van der Waals surface area contributed by atoms with Gasteiger partial charge >= 0.3 is 0 Å². The summed E-state index contributed by atoms with van der Waals surface area (Å²) < 4.78 is 13.9. The van der Waals surface area contributed by atoms with Crippen LogP contribution in [0.3, 0.4) is 0 Å². The van der Waals surface area contributed by atoms with Gasteiger partial charge in [-0.15, -0.1) is 0 Å². The molecule has 0 heterocycles. The highest BCUT2D eigenvalue weighted by atomic mass is 19.1. The number of carbonyl (C=O) groups is 1. The Bertz CT molecular complexity index is 831. The fourth-order valence-electron chi connectivity index (χ4n) is 4.79. The number of aryl methyl sites for hydroxylation is 1. The fraction of sp³-hybridized carbons (Fsp3) is 0.435. The van der Waals surface area contributed by atoms with E-state index in [0.29, 0.717) is 6.42 Å². The van der Waals surface area contributed by atoms with Gasteiger partial charge in [0.1, 0.15) is 11.4 Å². The van der Waals surface area contributed by atoms with Gasteiger partial charge in [0, 0.05) is 18.8 Å². The first-order chi connectivity index (χ1) is 13.1. The summed E-state index contributed by atoms with van der Waals surface area (Å²) in [6.07, 6.45) is 7.26. The van der Waals surface area contributed by atoms with Crippen molar-refractivity contribution in [1.29, 1.82) is 0 Å². The minimum atomic E-state index is -0.790. The van der Waals surface area contributed by atoms with Crippen LogP contribution in [0.15, 0.2) is 48.5 Å². The molecule has 2 aliphatic carbocycles. The molecule has 0 saturated heterocycles. The van der Waals surface area contributed by atoms with Crippen LogP contribution in [0.2, 0.25) is 0 Å². The molecule has 2 aromatic rings. The molecule has 142 valence electrons.